The van der Waals surface area contributed by atoms with Gasteiger partial charge in [-0.25, -0.2) is 12.7 Å². The number of nitrogens with one attached hydrogen (secondary N) is 1. The molecule has 1 unspecified atom stereocenters. The van der Waals surface area contributed by atoms with Gasteiger partial charge in [-0.05, 0) is 36.9 Å². The molecular formula is C15H22N6O3S2. The molecule has 9 nitrogen and oxygen atoms in total. The van der Waals surface area contributed by atoms with Crippen LogP contribution in [-0.4, -0.2) is 53.2 Å². The van der Waals surface area contributed by atoms with Crippen LogP contribution in [0.5, 0.6) is 0 Å². The predicted molar refractivity (Wildman–Crippen MR) is 101 cm³/mol. The largest absolute Gasteiger partial charge is 0.368 e. The van der Waals surface area contributed by atoms with Gasteiger partial charge in [0.2, 0.25) is 21.9 Å². The number of anilines is 2. The smallest absolute Gasteiger partial charge is 0.247 e. The van der Waals surface area contributed by atoms with Crippen LogP contribution in [-0.2, 0) is 14.8 Å². The monoisotopic (exact) mass is 398 g/mol. The van der Waals surface area contributed by atoms with E-state index >= 15 is 0 Å². The summed E-state index contributed by atoms with van der Waals surface area (Å²) in [6.07, 6.45) is 0. The topological polar surface area (TPSA) is 123 Å². The third kappa shape index (κ3) is 4.17. The van der Waals surface area contributed by atoms with E-state index in [1.54, 1.807) is 11.5 Å². The van der Waals surface area contributed by atoms with Gasteiger partial charge in [-0.15, -0.1) is 10.2 Å². The van der Waals surface area contributed by atoms with Crippen molar-refractivity contribution in [3.63, 3.8) is 0 Å². The van der Waals surface area contributed by atoms with E-state index in [1.807, 2.05) is 6.92 Å². The van der Waals surface area contributed by atoms with Crippen LogP contribution >= 0.6 is 11.8 Å². The molecule has 0 aliphatic rings. The molecule has 1 aromatic heterocycles. The number of hydrogen-bond donors (Lipinski definition) is 2. The second-order valence-electron chi connectivity index (χ2n) is 5.62. The average Bonchev–Trinajstić information content (AvgIpc) is 2.95. The first-order valence-corrected chi connectivity index (χ1v) is 10.3. The third-order valence-electron chi connectivity index (χ3n) is 3.63. The van der Waals surface area contributed by atoms with Gasteiger partial charge in [-0.1, -0.05) is 18.7 Å². The first-order valence-electron chi connectivity index (χ1n) is 7.85. The molecule has 3 N–H and O–H groups in total. The molecule has 1 atom stereocenters. The summed E-state index contributed by atoms with van der Waals surface area (Å²) in [7, 11) is -0.590. The molecule has 1 heterocycles. The van der Waals surface area contributed by atoms with Crippen molar-refractivity contribution in [1.82, 2.24) is 19.1 Å². The van der Waals surface area contributed by atoms with Crippen molar-refractivity contribution in [3.05, 3.63) is 24.3 Å². The van der Waals surface area contributed by atoms with Crippen LogP contribution in [0.3, 0.4) is 0 Å². The van der Waals surface area contributed by atoms with E-state index in [1.165, 1.54) is 50.1 Å². The fourth-order valence-corrected chi connectivity index (χ4v) is 3.81. The van der Waals surface area contributed by atoms with Gasteiger partial charge in [0, 0.05) is 19.8 Å². The molecule has 0 aliphatic carbocycles. The number of amides is 1. The van der Waals surface area contributed by atoms with Crippen molar-refractivity contribution >= 4 is 39.3 Å². The number of thioether (sulfide) groups is 1. The quantitative estimate of drug-likeness (QED) is 0.676. The van der Waals surface area contributed by atoms with Crippen LogP contribution < -0.4 is 11.1 Å². The Morgan fingerprint density at radius 2 is 1.92 bits per heavy atom. The standard InChI is InChI=1S/C15H22N6O3S2/c1-5-25-15-19-18-14(16)21(15)10(2)13(22)17-11-6-8-12(9-7-11)26(23,24)20(3)4/h6-10H,5H2,1-4H3,(H2,16,18)(H,17,22). The summed E-state index contributed by atoms with van der Waals surface area (Å²) in [5.41, 5.74) is 6.31. The third-order valence-corrected chi connectivity index (χ3v) is 6.29. The molecule has 0 saturated heterocycles. The average molecular weight is 399 g/mol. The summed E-state index contributed by atoms with van der Waals surface area (Å²) in [6, 6.07) is 5.35. The molecule has 0 spiro atoms. The Kier molecular flexibility index (Phi) is 6.26. The number of nitrogens with two attached hydrogens (primary N) is 1. The van der Waals surface area contributed by atoms with E-state index < -0.39 is 16.1 Å². The summed E-state index contributed by atoms with van der Waals surface area (Å²) in [4.78, 5) is 12.7. The van der Waals surface area contributed by atoms with Gasteiger partial charge < -0.3 is 11.1 Å². The maximum Gasteiger partial charge on any atom is 0.247 e. The zero-order chi connectivity index (χ0) is 19.5. The summed E-state index contributed by atoms with van der Waals surface area (Å²) in [5.74, 6) is 0.627. The minimum atomic E-state index is -3.51. The fourth-order valence-electron chi connectivity index (χ4n) is 2.16. The van der Waals surface area contributed by atoms with Crippen LogP contribution in [0.25, 0.3) is 0 Å². The van der Waals surface area contributed by atoms with Crippen molar-refractivity contribution in [2.24, 2.45) is 0 Å². The van der Waals surface area contributed by atoms with Crippen molar-refractivity contribution in [2.75, 3.05) is 30.9 Å². The van der Waals surface area contributed by atoms with E-state index in [0.717, 1.165) is 10.1 Å². The van der Waals surface area contributed by atoms with Gasteiger partial charge in [0.15, 0.2) is 5.16 Å². The minimum Gasteiger partial charge on any atom is -0.368 e. The van der Waals surface area contributed by atoms with E-state index in [9.17, 15) is 13.2 Å². The van der Waals surface area contributed by atoms with Gasteiger partial charge in [0.25, 0.3) is 0 Å². The highest BCUT2D eigenvalue weighted by atomic mass is 32.2. The summed E-state index contributed by atoms with van der Waals surface area (Å²) >= 11 is 1.44. The van der Waals surface area contributed by atoms with Crippen LogP contribution in [0, 0.1) is 0 Å². The van der Waals surface area contributed by atoms with Gasteiger partial charge in [-0.2, -0.15) is 0 Å². The Morgan fingerprint density at radius 3 is 2.46 bits per heavy atom. The second kappa shape index (κ2) is 8.06. The molecule has 2 aromatic rings. The first-order chi connectivity index (χ1) is 12.2. The molecule has 26 heavy (non-hydrogen) atoms. The van der Waals surface area contributed by atoms with Crippen molar-refractivity contribution in [1.29, 1.82) is 0 Å². The molecule has 0 fully saturated rings. The summed E-state index contributed by atoms with van der Waals surface area (Å²) in [6.45, 7) is 3.66. The second-order valence-corrected chi connectivity index (χ2v) is 9.00. The fraction of sp³-hybridized carbons (Fsp3) is 0.400. The van der Waals surface area contributed by atoms with Crippen LogP contribution in [0.4, 0.5) is 11.6 Å². The van der Waals surface area contributed by atoms with E-state index in [0.29, 0.717) is 10.8 Å². The highest BCUT2D eigenvalue weighted by molar-refractivity contribution is 7.99. The molecule has 1 amide bonds. The number of carbonyl (C=O) groups excluding carboxylic acids is 1. The van der Waals surface area contributed by atoms with E-state index in [-0.39, 0.29) is 16.8 Å². The highest BCUT2D eigenvalue weighted by Crippen LogP contribution is 2.24. The number of rotatable bonds is 7. The number of benzene rings is 1. The molecule has 142 valence electrons. The van der Waals surface area contributed by atoms with Crippen LogP contribution in [0.2, 0.25) is 0 Å². The first kappa shape index (κ1) is 20.2. The lowest BCUT2D eigenvalue weighted by molar-refractivity contribution is -0.118. The number of hydrogen-bond acceptors (Lipinski definition) is 7. The maximum absolute atomic E-state index is 12.5. The molecule has 1 aromatic carbocycles. The normalized spacial score (nSPS) is 13.0. The Bertz CT molecular complexity index is 877. The molecular weight excluding hydrogens is 376 g/mol. The SMILES string of the molecule is CCSc1nnc(N)n1C(C)C(=O)Nc1ccc(S(=O)(=O)N(C)C)cc1. The van der Waals surface area contributed by atoms with Crippen molar-refractivity contribution < 1.29 is 13.2 Å². The van der Waals surface area contributed by atoms with Crippen molar-refractivity contribution in [3.8, 4) is 0 Å². The van der Waals surface area contributed by atoms with Gasteiger partial charge in [0.05, 0.1) is 4.90 Å². The summed E-state index contributed by atoms with van der Waals surface area (Å²) < 4.78 is 26.8. The number of sulfonamides is 1. The molecule has 0 bridgehead atoms. The maximum atomic E-state index is 12.5. The number of nitrogen functional groups attached to an aromatic ring is 1. The number of aromatic nitrogens is 3. The van der Waals surface area contributed by atoms with Gasteiger partial charge in [0.1, 0.15) is 6.04 Å². The lowest BCUT2D eigenvalue weighted by atomic mass is 10.2. The zero-order valence-electron chi connectivity index (χ0n) is 15.0. The van der Waals surface area contributed by atoms with Crippen molar-refractivity contribution in [2.45, 2.75) is 29.9 Å². The minimum absolute atomic E-state index is 0.151. The Hall–Kier alpha value is -2.11. The Morgan fingerprint density at radius 1 is 1.31 bits per heavy atom. The number of nitrogens with zero attached hydrogens (tertiary/aromatic N) is 4. The molecule has 0 radical (unpaired) electrons. The van der Waals surface area contributed by atoms with Gasteiger partial charge >= 0.3 is 0 Å². The molecule has 11 heteroatoms. The number of carbonyl (C=O) groups is 1. The molecule has 0 aliphatic heterocycles. The Balaban J connectivity index is 2.16. The van der Waals surface area contributed by atoms with E-state index in [2.05, 4.69) is 15.5 Å². The predicted octanol–water partition coefficient (Wildman–Crippen LogP) is 1.42. The van der Waals surface area contributed by atoms with E-state index in [4.69, 9.17) is 5.73 Å². The van der Waals surface area contributed by atoms with Crippen LogP contribution in [0.15, 0.2) is 34.3 Å². The van der Waals surface area contributed by atoms with Crippen LogP contribution in [0.1, 0.15) is 19.9 Å². The lowest BCUT2D eigenvalue weighted by Crippen LogP contribution is -2.25. The molecule has 2 rings (SSSR count). The van der Waals surface area contributed by atoms with Gasteiger partial charge in [-0.3, -0.25) is 9.36 Å². The highest BCUT2D eigenvalue weighted by Gasteiger charge is 2.22. The zero-order valence-corrected chi connectivity index (χ0v) is 16.6. The molecule has 0 saturated carbocycles. The Labute approximate surface area is 157 Å². The lowest BCUT2D eigenvalue weighted by Gasteiger charge is -2.16. The summed E-state index contributed by atoms with van der Waals surface area (Å²) in [5, 5.41) is 11.1.